The molecule has 24 heavy (non-hydrogen) atoms. The molecule has 1 fully saturated rings. The molecule has 7 heteroatoms. The maximum Gasteiger partial charge on any atom is 0.243 e. The molecule has 1 heterocycles. The molecular weight excluding hydrogens is 348 g/mol. The lowest BCUT2D eigenvalue weighted by molar-refractivity contribution is -0.127. The van der Waals surface area contributed by atoms with Gasteiger partial charge in [-0.05, 0) is 64.3 Å². The van der Waals surface area contributed by atoms with Crippen molar-refractivity contribution in [2.75, 3.05) is 13.1 Å². The van der Waals surface area contributed by atoms with Crippen LogP contribution in [0.5, 0.6) is 0 Å². The molecule has 1 amide bonds. The van der Waals surface area contributed by atoms with Crippen molar-refractivity contribution in [1.82, 2.24) is 9.62 Å². The first-order valence-electron chi connectivity index (χ1n) is 8.09. The number of amides is 1. The molecule has 0 radical (unpaired) electrons. The number of aryl methyl sites for hydroxylation is 1. The van der Waals surface area contributed by atoms with Crippen molar-refractivity contribution in [3.05, 3.63) is 28.8 Å². The summed E-state index contributed by atoms with van der Waals surface area (Å²) in [6.45, 7) is 8.30. The summed E-state index contributed by atoms with van der Waals surface area (Å²) in [6.07, 6.45) is 1.07. The van der Waals surface area contributed by atoms with Crippen LogP contribution in [0, 0.1) is 12.8 Å². The normalized spacial score (nSPS) is 17.7. The van der Waals surface area contributed by atoms with Gasteiger partial charge in [0.15, 0.2) is 0 Å². The third-order valence-corrected chi connectivity index (χ3v) is 6.41. The fourth-order valence-electron chi connectivity index (χ4n) is 2.76. The van der Waals surface area contributed by atoms with E-state index in [1.807, 2.05) is 20.8 Å². The van der Waals surface area contributed by atoms with Gasteiger partial charge in [0.25, 0.3) is 0 Å². The quantitative estimate of drug-likeness (QED) is 0.886. The minimum atomic E-state index is -3.54. The van der Waals surface area contributed by atoms with Crippen molar-refractivity contribution in [3.63, 3.8) is 0 Å². The standard InChI is InChI=1S/C17H25ClN2O3S/c1-12-11-14(5-6-15(12)18)24(22,23)20-9-7-13(8-10-20)16(21)19-17(2,3)4/h5-6,11,13H,7-10H2,1-4H3,(H,19,21). The van der Waals surface area contributed by atoms with Crippen LogP contribution in [0.25, 0.3) is 0 Å². The van der Waals surface area contributed by atoms with Crippen molar-refractivity contribution < 1.29 is 13.2 Å². The fraction of sp³-hybridized carbons (Fsp3) is 0.588. The van der Waals surface area contributed by atoms with Crippen LogP contribution in [0.15, 0.2) is 23.1 Å². The zero-order valence-electron chi connectivity index (χ0n) is 14.6. The number of carbonyl (C=O) groups is 1. The minimum Gasteiger partial charge on any atom is -0.351 e. The molecule has 0 aliphatic carbocycles. The van der Waals surface area contributed by atoms with Crippen LogP contribution in [-0.4, -0.2) is 37.3 Å². The monoisotopic (exact) mass is 372 g/mol. The van der Waals surface area contributed by atoms with Crippen molar-refractivity contribution in [2.24, 2.45) is 5.92 Å². The number of carbonyl (C=O) groups excluding carboxylic acids is 1. The Morgan fingerprint density at radius 1 is 1.25 bits per heavy atom. The van der Waals surface area contributed by atoms with Gasteiger partial charge in [-0.15, -0.1) is 0 Å². The van der Waals surface area contributed by atoms with Gasteiger partial charge in [0.05, 0.1) is 4.90 Å². The van der Waals surface area contributed by atoms with Crippen molar-refractivity contribution in [3.8, 4) is 0 Å². The molecule has 1 aromatic carbocycles. The van der Waals surface area contributed by atoms with Gasteiger partial charge in [0, 0.05) is 29.6 Å². The van der Waals surface area contributed by atoms with Crippen LogP contribution in [0.4, 0.5) is 0 Å². The second kappa shape index (κ2) is 7.02. The van der Waals surface area contributed by atoms with Crippen LogP contribution in [0.2, 0.25) is 5.02 Å². The predicted molar refractivity (Wildman–Crippen MR) is 95.6 cm³/mol. The molecule has 0 bridgehead atoms. The lowest BCUT2D eigenvalue weighted by Gasteiger charge is -2.32. The summed E-state index contributed by atoms with van der Waals surface area (Å²) in [4.78, 5) is 12.5. The zero-order chi connectivity index (χ0) is 18.1. The Morgan fingerprint density at radius 2 is 1.83 bits per heavy atom. The number of rotatable bonds is 3. The van der Waals surface area contributed by atoms with Gasteiger partial charge < -0.3 is 5.32 Å². The number of piperidine rings is 1. The molecule has 1 aromatic rings. The SMILES string of the molecule is Cc1cc(S(=O)(=O)N2CCC(C(=O)NC(C)(C)C)CC2)ccc1Cl. The molecule has 1 N–H and O–H groups in total. The van der Waals surface area contributed by atoms with E-state index in [9.17, 15) is 13.2 Å². The van der Waals surface area contributed by atoms with E-state index in [2.05, 4.69) is 5.32 Å². The highest BCUT2D eigenvalue weighted by atomic mass is 35.5. The van der Waals surface area contributed by atoms with Crippen LogP contribution >= 0.6 is 11.6 Å². The Balaban J connectivity index is 2.05. The second-order valence-corrected chi connectivity index (χ2v) is 9.67. The first kappa shape index (κ1) is 19.2. The zero-order valence-corrected chi connectivity index (χ0v) is 16.2. The van der Waals surface area contributed by atoms with E-state index in [1.165, 1.54) is 10.4 Å². The van der Waals surface area contributed by atoms with E-state index in [-0.39, 0.29) is 22.3 Å². The number of benzene rings is 1. The second-order valence-electron chi connectivity index (χ2n) is 7.33. The van der Waals surface area contributed by atoms with Crippen LogP contribution in [0.3, 0.4) is 0 Å². The van der Waals surface area contributed by atoms with Gasteiger partial charge in [-0.1, -0.05) is 11.6 Å². The molecule has 1 saturated heterocycles. The van der Waals surface area contributed by atoms with Crippen molar-refractivity contribution in [1.29, 1.82) is 0 Å². The number of sulfonamides is 1. The van der Waals surface area contributed by atoms with Gasteiger partial charge in [-0.25, -0.2) is 8.42 Å². The van der Waals surface area contributed by atoms with E-state index in [0.29, 0.717) is 31.0 Å². The molecule has 2 rings (SSSR count). The minimum absolute atomic E-state index is 0.00175. The molecule has 0 aromatic heterocycles. The number of hydrogen-bond acceptors (Lipinski definition) is 3. The smallest absolute Gasteiger partial charge is 0.243 e. The highest BCUT2D eigenvalue weighted by Crippen LogP contribution is 2.26. The summed E-state index contributed by atoms with van der Waals surface area (Å²) in [7, 11) is -3.54. The number of hydrogen-bond donors (Lipinski definition) is 1. The topological polar surface area (TPSA) is 66.5 Å². The number of halogens is 1. The van der Waals surface area contributed by atoms with Gasteiger partial charge in [-0.3, -0.25) is 4.79 Å². The molecule has 1 aliphatic heterocycles. The van der Waals surface area contributed by atoms with Gasteiger partial charge in [0.2, 0.25) is 15.9 Å². The molecule has 0 atom stereocenters. The highest BCUT2D eigenvalue weighted by molar-refractivity contribution is 7.89. The lowest BCUT2D eigenvalue weighted by atomic mass is 9.96. The Bertz CT molecular complexity index is 718. The molecule has 5 nitrogen and oxygen atoms in total. The van der Waals surface area contributed by atoms with E-state index in [1.54, 1.807) is 19.1 Å². The van der Waals surface area contributed by atoms with Crippen molar-refractivity contribution >= 4 is 27.5 Å². The van der Waals surface area contributed by atoms with E-state index in [4.69, 9.17) is 11.6 Å². The summed E-state index contributed by atoms with van der Waals surface area (Å²) in [6, 6.07) is 4.73. The first-order chi connectivity index (χ1) is 11.0. The number of nitrogens with zero attached hydrogens (tertiary/aromatic N) is 1. The molecule has 1 aliphatic rings. The highest BCUT2D eigenvalue weighted by Gasteiger charge is 2.33. The van der Waals surface area contributed by atoms with Crippen molar-refractivity contribution in [2.45, 2.75) is 51.0 Å². The maximum atomic E-state index is 12.7. The third kappa shape index (κ3) is 4.49. The first-order valence-corrected chi connectivity index (χ1v) is 9.91. The van der Waals surface area contributed by atoms with Gasteiger partial charge >= 0.3 is 0 Å². The fourth-order valence-corrected chi connectivity index (χ4v) is 4.43. The van der Waals surface area contributed by atoms with E-state index in [0.717, 1.165) is 5.56 Å². The average Bonchev–Trinajstić information content (AvgIpc) is 2.48. The molecular formula is C17H25ClN2O3S. The third-order valence-electron chi connectivity index (χ3n) is 4.09. The van der Waals surface area contributed by atoms with Crippen LogP contribution in [0.1, 0.15) is 39.2 Å². The largest absolute Gasteiger partial charge is 0.351 e. The summed E-state index contributed by atoms with van der Waals surface area (Å²) in [5, 5.41) is 3.51. The van der Waals surface area contributed by atoms with E-state index < -0.39 is 10.0 Å². The molecule has 0 saturated carbocycles. The summed E-state index contributed by atoms with van der Waals surface area (Å²) < 4.78 is 26.9. The molecule has 134 valence electrons. The van der Waals surface area contributed by atoms with Gasteiger partial charge in [0.1, 0.15) is 0 Å². The Kier molecular flexibility index (Phi) is 5.62. The summed E-state index contributed by atoms with van der Waals surface area (Å²) in [5.41, 5.74) is 0.457. The predicted octanol–water partition coefficient (Wildman–Crippen LogP) is 2.96. The molecule has 0 unspecified atom stereocenters. The number of nitrogens with one attached hydrogen (secondary N) is 1. The lowest BCUT2D eigenvalue weighted by Crippen LogP contribution is -2.47. The molecule has 0 spiro atoms. The summed E-state index contributed by atoms with van der Waals surface area (Å²) >= 11 is 5.97. The summed E-state index contributed by atoms with van der Waals surface area (Å²) in [5.74, 6) is -0.135. The average molecular weight is 373 g/mol. The Hall–Kier alpha value is -1.11. The van der Waals surface area contributed by atoms with Gasteiger partial charge in [-0.2, -0.15) is 4.31 Å². The van der Waals surface area contributed by atoms with Crippen LogP contribution in [-0.2, 0) is 14.8 Å². The Labute approximate surface area is 149 Å². The van der Waals surface area contributed by atoms with E-state index >= 15 is 0 Å². The maximum absolute atomic E-state index is 12.7. The Morgan fingerprint density at radius 3 is 2.33 bits per heavy atom. The van der Waals surface area contributed by atoms with Crippen LogP contribution < -0.4 is 5.32 Å².